The van der Waals surface area contributed by atoms with Crippen molar-refractivity contribution in [2.24, 2.45) is 0 Å². The molecular weight excluding hydrogens is 250 g/mol. The van der Waals surface area contributed by atoms with Crippen LogP contribution in [-0.4, -0.2) is 24.1 Å². The molecule has 3 aromatic rings. The Morgan fingerprint density at radius 3 is 2.60 bits per heavy atom. The maximum absolute atomic E-state index is 5.18. The number of aromatic nitrogens is 2. The van der Waals surface area contributed by atoms with Crippen LogP contribution in [0.4, 0.5) is 5.82 Å². The summed E-state index contributed by atoms with van der Waals surface area (Å²) < 4.78 is 5.18. The molecule has 1 aromatic carbocycles. The predicted molar refractivity (Wildman–Crippen MR) is 81.1 cm³/mol. The number of nitrogens with zero attached hydrogens (tertiary/aromatic N) is 2. The summed E-state index contributed by atoms with van der Waals surface area (Å²) in [5, 5.41) is 4.15. The van der Waals surface area contributed by atoms with Crippen LogP contribution < -0.4 is 10.1 Å². The fourth-order valence-electron chi connectivity index (χ4n) is 2.18. The second kappa shape index (κ2) is 5.17. The van der Waals surface area contributed by atoms with Gasteiger partial charge in [0.05, 0.1) is 18.3 Å². The van der Waals surface area contributed by atoms with Crippen molar-refractivity contribution in [1.82, 2.24) is 9.97 Å². The maximum atomic E-state index is 5.18. The number of anilines is 1. The zero-order valence-electron chi connectivity index (χ0n) is 11.4. The molecule has 0 atom stereocenters. The lowest BCUT2D eigenvalue weighted by Gasteiger charge is -2.09. The SMILES string of the molecule is CNc1nc(-c2ccc(OC)cc2)cc2ncccc12. The van der Waals surface area contributed by atoms with E-state index < -0.39 is 0 Å². The van der Waals surface area contributed by atoms with Crippen LogP contribution in [0.15, 0.2) is 48.7 Å². The molecule has 0 unspecified atom stereocenters. The molecule has 0 bridgehead atoms. The molecule has 0 saturated carbocycles. The molecule has 0 aliphatic rings. The number of hydrogen-bond donors (Lipinski definition) is 1. The van der Waals surface area contributed by atoms with Gasteiger partial charge in [-0.25, -0.2) is 4.98 Å². The first kappa shape index (κ1) is 12.4. The Morgan fingerprint density at radius 2 is 1.90 bits per heavy atom. The fourth-order valence-corrected chi connectivity index (χ4v) is 2.18. The first-order valence-corrected chi connectivity index (χ1v) is 6.40. The van der Waals surface area contributed by atoms with Crippen molar-refractivity contribution in [3.8, 4) is 17.0 Å². The van der Waals surface area contributed by atoms with Crippen molar-refractivity contribution in [3.63, 3.8) is 0 Å². The third-order valence-corrected chi connectivity index (χ3v) is 3.22. The second-order valence-corrected chi connectivity index (χ2v) is 4.40. The van der Waals surface area contributed by atoms with Gasteiger partial charge in [0, 0.05) is 24.2 Å². The molecule has 2 heterocycles. The minimum atomic E-state index is 0.835. The molecule has 0 saturated heterocycles. The average molecular weight is 265 g/mol. The van der Waals surface area contributed by atoms with Gasteiger partial charge in [0.2, 0.25) is 0 Å². The molecule has 3 rings (SSSR count). The van der Waals surface area contributed by atoms with Gasteiger partial charge in [-0.2, -0.15) is 0 Å². The molecule has 20 heavy (non-hydrogen) atoms. The Hall–Kier alpha value is -2.62. The van der Waals surface area contributed by atoms with Crippen LogP contribution in [0.25, 0.3) is 22.2 Å². The summed E-state index contributed by atoms with van der Waals surface area (Å²) in [5.41, 5.74) is 2.86. The molecule has 0 aliphatic heterocycles. The van der Waals surface area contributed by atoms with Crippen molar-refractivity contribution in [3.05, 3.63) is 48.7 Å². The van der Waals surface area contributed by atoms with Crippen molar-refractivity contribution in [1.29, 1.82) is 0 Å². The van der Waals surface area contributed by atoms with Gasteiger partial charge < -0.3 is 10.1 Å². The molecule has 0 radical (unpaired) electrons. The number of benzene rings is 1. The van der Waals surface area contributed by atoms with Gasteiger partial charge in [-0.15, -0.1) is 0 Å². The highest BCUT2D eigenvalue weighted by atomic mass is 16.5. The van der Waals surface area contributed by atoms with Gasteiger partial charge in [0.25, 0.3) is 0 Å². The summed E-state index contributed by atoms with van der Waals surface area (Å²) in [4.78, 5) is 9.06. The number of fused-ring (bicyclic) bond motifs is 1. The summed E-state index contributed by atoms with van der Waals surface area (Å²) >= 11 is 0. The second-order valence-electron chi connectivity index (χ2n) is 4.40. The number of methoxy groups -OCH3 is 1. The monoisotopic (exact) mass is 265 g/mol. The number of nitrogens with one attached hydrogen (secondary N) is 1. The van der Waals surface area contributed by atoms with Crippen LogP contribution in [0, 0.1) is 0 Å². The van der Waals surface area contributed by atoms with E-state index in [4.69, 9.17) is 4.74 Å². The summed E-state index contributed by atoms with van der Waals surface area (Å²) in [5.74, 6) is 1.67. The Kier molecular flexibility index (Phi) is 3.21. The van der Waals surface area contributed by atoms with E-state index in [0.717, 1.165) is 33.7 Å². The molecule has 4 heteroatoms. The van der Waals surface area contributed by atoms with E-state index in [-0.39, 0.29) is 0 Å². The largest absolute Gasteiger partial charge is 0.497 e. The van der Waals surface area contributed by atoms with Crippen LogP contribution in [0.5, 0.6) is 5.75 Å². The normalized spacial score (nSPS) is 10.5. The summed E-state index contributed by atoms with van der Waals surface area (Å²) in [7, 11) is 3.53. The summed E-state index contributed by atoms with van der Waals surface area (Å²) in [6.07, 6.45) is 1.79. The van der Waals surface area contributed by atoms with E-state index in [0.29, 0.717) is 0 Å². The third kappa shape index (κ3) is 2.16. The average Bonchev–Trinajstić information content (AvgIpc) is 2.54. The Bertz CT molecular complexity index is 738. The number of hydrogen-bond acceptors (Lipinski definition) is 4. The third-order valence-electron chi connectivity index (χ3n) is 3.22. The van der Waals surface area contributed by atoms with Crippen LogP contribution in [-0.2, 0) is 0 Å². The zero-order valence-corrected chi connectivity index (χ0v) is 11.4. The molecule has 0 amide bonds. The molecule has 100 valence electrons. The maximum Gasteiger partial charge on any atom is 0.135 e. The summed E-state index contributed by atoms with van der Waals surface area (Å²) in [6, 6.07) is 13.8. The lowest BCUT2D eigenvalue weighted by atomic mass is 10.1. The molecular formula is C16H15N3O. The van der Waals surface area contributed by atoms with E-state index in [1.165, 1.54) is 0 Å². The predicted octanol–water partition coefficient (Wildman–Crippen LogP) is 3.35. The van der Waals surface area contributed by atoms with E-state index >= 15 is 0 Å². The van der Waals surface area contributed by atoms with E-state index in [2.05, 4.69) is 15.3 Å². The molecule has 0 aliphatic carbocycles. The van der Waals surface area contributed by atoms with Crippen LogP contribution in [0.2, 0.25) is 0 Å². The topological polar surface area (TPSA) is 47.0 Å². The smallest absolute Gasteiger partial charge is 0.135 e. The minimum absolute atomic E-state index is 0.835. The zero-order chi connectivity index (χ0) is 13.9. The van der Waals surface area contributed by atoms with Gasteiger partial charge in [0.15, 0.2) is 0 Å². The quantitative estimate of drug-likeness (QED) is 0.789. The highest BCUT2D eigenvalue weighted by molar-refractivity contribution is 5.91. The fraction of sp³-hybridized carbons (Fsp3) is 0.125. The molecule has 2 aromatic heterocycles. The lowest BCUT2D eigenvalue weighted by molar-refractivity contribution is 0.415. The van der Waals surface area contributed by atoms with Gasteiger partial charge in [0.1, 0.15) is 11.6 Å². The molecule has 0 fully saturated rings. The Morgan fingerprint density at radius 1 is 1.10 bits per heavy atom. The number of rotatable bonds is 3. The van der Waals surface area contributed by atoms with E-state index in [1.807, 2.05) is 49.5 Å². The molecule has 1 N–H and O–H groups in total. The van der Waals surface area contributed by atoms with Crippen molar-refractivity contribution in [2.75, 3.05) is 19.5 Å². The summed E-state index contributed by atoms with van der Waals surface area (Å²) in [6.45, 7) is 0. The van der Waals surface area contributed by atoms with E-state index in [9.17, 15) is 0 Å². The Labute approximate surface area is 117 Å². The van der Waals surface area contributed by atoms with Gasteiger partial charge in [-0.3, -0.25) is 4.98 Å². The lowest BCUT2D eigenvalue weighted by Crippen LogP contribution is -1.96. The highest BCUT2D eigenvalue weighted by Gasteiger charge is 2.07. The van der Waals surface area contributed by atoms with Crippen LogP contribution in [0.1, 0.15) is 0 Å². The number of pyridine rings is 2. The minimum Gasteiger partial charge on any atom is -0.497 e. The standard InChI is InChI=1S/C16H15N3O/c1-17-16-13-4-3-9-18-15(13)10-14(19-16)11-5-7-12(20-2)8-6-11/h3-10H,1-2H3,(H,17,19). The van der Waals surface area contributed by atoms with Crippen molar-refractivity contribution >= 4 is 16.7 Å². The van der Waals surface area contributed by atoms with Crippen LogP contribution in [0.3, 0.4) is 0 Å². The first-order chi connectivity index (χ1) is 9.81. The first-order valence-electron chi connectivity index (χ1n) is 6.40. The van der Waals surface area contributed by atoms with Gasteiger partial charge in [-0.05, 0) is 42.5 Å². The van der Waals surface area contributed by atoms with Gasteiger partial charge in [-0.1, -0.05) is 0 Å². The Balaban J connectivity index is 2.15. The molecule has 4 nitrogen and oxygen atoms in total. The van der Waals surface area contributed by atoms with Crippen molar-refractivity contribution in [2.45, 2.75) is 0 Å². The molecule has 0 spiro atoms. The number of ether oxygens (including phenoxy) is 1. The van der Waals surface area contributed by atoms with Crippen LogP contribution >= 0.6 is 0 Å². The van der Waals surface area contributed by atoms with E-state index in [1.54, 1.807) is 13.3 Å². The highest BCUT2D eigenvalue weighted by Crippen LogP contribution is 2.27. The van der Waals surface area contributed by atoms with Gasteiger partial charge >= 0.3 is 0 Å². The van der Waals surface area contributed by atoms with Crippen molar-refractivity contribution < 1.29 is 4.74 Å².